The van der Waals surface area contributed by atoms with Gasteiger partial charge >= 0.3 is 0 Å². The van der Waals surface area contributed by atoms with Crippen LogP contribution in [0.15, 0.2) is 36.4 Å². The number of nitrogens with one attached hydrogen (secondary N) is 2. The van der Waals surface area contributed by atoms with Crippen molar-refractivity contribution in [1.29, 1.82) is 0 Å². The lowest BCUT2D eigenvalue weighted by Gasteiger charge is -2.35. The molecule has 1 aromatic carbocycles. The van der Waals surface area contributed by atoms with Crippen LogP contribution < -0.4 is 10.6 Å². The van der Waals surface area contributed by atoms with Crippen LogP contribution in [0.4, 0.5) is 5.69 Å². The Balaban J connectivity index is 1.22. The number of benzene rings is 1. The van der Waals surface area contributed by atoms with Crippen LogP contribution in [-0.2, 0) is 19.1 Å². The molecule has 0 aromatic heterocycles. The molecular weight excluding hydrogens is 528 g/mol. The minimum absolute atomic E-state index is 0.119. The Morgan fingerprint density at radius 1 is 1.07 bits per heavy atom. The number of amides is 3. The molecule has 3 saturated heterocycles. The molecule has 2 N–H and O–H groups in total. The number of ether oxygens (including phenoxy) is 1. The van der Waals surface area contributed by atoms with E-state index in [4.69, 9.17) is 16.3 Å². The van der Waals surface area contributed by atoms with E-state index in [1.54, 1.807) is 29.2 Å². The number of carbonyl (C=O) groups is 3. The number of halogens is 1. The second kappa shape index (κ2) is 11.5. The molecule has 9 heteroatoms. The zero-order valence-electron chi connectivity index (χ0n) is 23.3. The highest BCUT2D eigenvalue weighted by Crippen LogP contribution is 2.55. The van der Waals surface area contributed by atoms with Crippen LogP contribution in [0.2, 0.25) is 5.02 Å². The molecule has 1 aromatic rings. The molecule has 5 atom stereocenters. The number of likely N-dealkylation sites (tertiary alicyclic amines) is 2. The average Bonchev–Trinajstić information content (AvgIpc) is 3.58. The van der Waals surface area contributed by atoms with E-state index in [1.807, 2.05) is 12.2 Å². The van der Waals surface area contributed by atoms with Gasteiger partial charge in [0.1, 0.15) is 11.6 Å². The third-order valence-electron chi connectivity index (χ3n) is 9.72. The van der Waals surface area contributed by atoms with Crippen molar-refractivity contribution in [3.8, 4) is 0 Å². The maximum atomic E-state index is 14.1. The van der Waals surface area contributed by atoms with Gasteiger partial charge in [0, 0.05) is 23.3 Å². The van der Waals surface area contributed by atoms with Crippen molar-refractivity contribution in [1.82, 2.24) is 15.1 Å². The molecule has 1 aliphatic carbocycles. The number of piperidine rings is 1. The van der Waals surface area contributed by atoms with Gasteiger partial charge in [0.05, 0.1) is 17.9 Å². The van der Waals surface area contributed by atoms with Crippen molar-refractivity contribution in [2.24, 2.45) is 17.8 Å². The maximum Gasteiger partial charge on any atom is 0.246 e. The van der Waals surface area contributed by atoms with Gasteiger partial charge in [-0.25, -0.2) is 0 Å². The number of nitrogens with zero attached hydrogens (tertiary/aromatic N) is 2. The largest absolute Gasteiger partial charge is 0.359 e. The predicted octanol–water partition coefficient (Wildman–Crippen LogP) is 4.00. The zero-order chi connectivity index (χ0) is 27.9. The predicted molar refractivity (Wildman–Crippen MR) is 154 cm³/mol. The minimum atomic E-state index is -1.13. The van der Waals surface area contributed by atoms with E-state index in [0.29, 0.717) is 17.3 Å². The molecule has 1 saturated carbocycles. The summed E-state index contributed by atoms with van der Waals surface area (Å²) in [6, 6.07) is 6.31. The second-order valence-electron chi connectivity index (χ2n) is 12.5. The molecule has 4 aliphatic heterocycles. The lowest BCUT2D eigenvalue weighted by molar-refractivity contribution is -0.141. The first-order valence-electron chi connectivity index (χ1n) is 15.1. The van der Waals surface area contributed by atoms with E-state index in [-0.39, 0.29) is 23.8 Å². The van der Waals surface area contributed by atoms with Crippen LogP contribution in [0.3, 0.4) is 0 Å². The summed E-state index contributed by atoms with van der Waals surface area (Å²) in [5.74, 6) is -1.29. The maximum absolute atomic E-state index is 14.1. The summed E-state index contributed by atoms with van der Waals surface area (Å²) in [6.45, 7) is 5.81. The SMILES string of the molecule is CC1CCN(CCCN2C(=O)[C@@H]3[C@H](C(=O)Nc4cccc(Cl)c4)[C@@H]4C=C[C@@]3(O4)[C@H]2C(=O)NC2CCCCC2)CC1. The van der Waals surface area contributed by atoms with Gasteiger partial charge in [-0.05, 0) is 75.9 Å². The first-order valence-corrected chi connectivity index (χ1v) is 15.5. The fourth-order valence-electron chi connectivity index (χ4n) is 7.58. The van der Waals surface area contributed by atoms with Crippen molar-refractivity contribution >= 4 is 35.0 Å². The highest BCUT2D eigenvalue weighted by molar-refractivity contribution is 6.30. The number of anilines is 1. The molecule has 3 amide bonds. The summed E-state index contributed by atoms with van der Waals surface area (Å²) < 4.78 is 6.48. The van der Waals surface area contributed by atoms with Crippen molar-refractivity contribution in [3.05, 3.63) is 41.4 Å². The van der Waals surface area contributed by atoms with E-state index in [0.717, 1.165) is 57.7 Å². The Labute approximate surface area is 241 Å². The number of fused-ring (bicyclic) bond motifs is 1. The molecule has 6 rings (SSSR count). The fourth-order valence-corrected chi connectivity index (χ4v) is 7.77. The smallest absolute Gasteiger partial charge is 0.246 e. The zero-order valence-corrected chi connectivity index (χ0v) is 24.1. The molecule has 5 aliphatic rings. The van der Waals surface area contributed by atoms with Crippen LogP contribution in [0.25, 0.3) is 0 Å². The van der Waals surface area contributed by atoms with Crippen LogP contribution in [0.1, 0.15) is 58.3 Å². The van der Waals surface area contributed by atoms with Gasteiger partial charge in [-0.3, -0.25) is 14.4 Å². The van der Waals surface area contributed by atoms with Gasteiger partial charge in [0.2, 0.25) is 17.7 Å². The van der Waals surface area contributed by atoms with Crippen LogP contribution >= 0.6 is 11.6 Å². The third kappa shape index (κ3) is 5.19. The summed E-state index contributed by atoms with van der Waals surface area (Å²) >= 11 is 6.13. The number of hydrogen-bond acceptors (Lipinski definition) is 5. The molecular formula is C31H41ClN4O4. The molecule has 4 heterocycles. The summed E-state index contributed by atoms with van der Waals surface area (Å²) in [5.41, 5.74) is -0.555. The van der Waals surface area contributed by atoms with Gasteiger partial charge in [0.15, 0.2) is 0 Å². The van der Waals surface area contributed by atoms with E-state index < -0.39 is 29.6 Å². The molecule has 4 fully saturated rings. The molecule has 2 bridgehead atoms. The normalized spacial score (nSPS) is 32.5. The van der Waals surface area contributed by atoms with E-state index in [2.05, 4.69) is 22.5 Å². The van der Waals surface area contributed by atoms with Crippen molar-refractivity contribution in [3.63, 3.8) is 0 Å². The summed E-state index contributed by atoms with van der Waals surface area (Å²) in [4.78, 5) is 45.9. The Hall–Kier alpha value is -2.42. The lowest BCUT2D eigenvalue weighted by Crippen LogP contribution is -2.56. The molecule has 216 valence electrons. The minimum Gasteiger partial charge on any atom is -0.359 e. The summed E-state index contributed by atoms with van der Waals surface area (Å²) in [6.07, 6.45) is 11.7. The summed E-state index contributed by atoms with van der Waals surface area (Å²) in [5, 5.41) is 6.72. The Kier molecular flexibility index (Phi) is 7.94. The highest BCUT2D eigenvalue weighted by Gasteiger charge is 2.72. The van der Waals surface area contributed by atoms with Crippen molar-refractivity contribution < 1.29 is 19.1 Å². The summed E-state index contributed by atoms with van der Waals surface area (Å²) in [7, 11) is 0. The number of rotatable bonds is 8. The average molecular weight is 569 g/mol. The lowest BCUT2D eigenvalue weighted by atomic mass is 9.74. The number of hydrogen-bond donors (Lipinski definition) is 2. The van der Waals surface area contributed by atoms with Crippen LogP contribution in [0, 0.1) is 17.8 Å². The van der Waals surface area contributed by atoms with Crippen LogP contribution in [-0.4, -0.2) is 77.5 Å². The topological polar surface area (TPSA) is 91.0 Å². The monoisotopic (exact) mass is 568 g/mol. The van der Waals surface area contributed by atoms with Gasteiger partial charge in [0.25, 0.3) is 0 Å². The van der Waals surface area contributed by atoms with Crippen molar-refractivity contribution in [2.45, 2.75) is 82.1 Å². The van der Waals surface area contributed by atoms with Crippen LogP contribution in [0.5, 0.6) is 0 Å². The highest BCUT2D eigenvalue weighted by atomic mass is 35.5. The third-order valence-corrected chi connectivity index (χ3v) is 9.95. The molecule has 1 spiro atoms. The van der Waals surface area contributed by atoms with E-state index >= 15 is 0 Å². The fraction of sp³-hybridized carbons (Fsp3) is 0.645. The molecule has 8 nitrogen and oxygen atoms in total. The molecule has 0 unspecified atom stereocenters. The van der Waals surface area contributed by atoms with E-state index in [9.17, 15) is 14.4 Å². The molecule has 40 heavy (non-hydrogen) atoms. The van der Waals surface area contributed by atoms with Gasteiger partial charge < -0.3 is 25.2 Å². The van der Waals surface area contributed by atoms with E-state index in [1.165, 1.54) is 19.3 Å². The Morgan fingerprint density at radius 2 is 1.85 bits per heavy atom. The first-order chi connectivity index (χ1) is 19.4. The quantitative estimate of drug-likeness (QED) is 0.463. The Bertz CT molecular complexity index is 1160. The second-order valence-corrected chi connectivity index (χ2v) is 12.9. The molecule has 0 radical (unpaired) electrons. The van der Waals surface area contributed by atoms with Gasteiger partial charge in [-0.2, -0.15) is 0 Å². The first kappa shape index (κ1) is 27.7. The Morgan fingerprint density at radius 3 is 2.60 bits per heavy atom. The van der Waals surface area contributed by atoms with Gasteiger partial charge in [-0.1, -0.05) is 56.0 Å². The van der Waals surface area contributed by atoms with Gasteiger partial charge in [-0.15, -0.1) is 0 Å². The number of carbonyl (C=O) groups excluding carboxylic acids is 3. The van der Waals surface area contributed by atoms with Crippen molar-refractivity contribution in [2.75, 3.05) is 31.5 Å². The standard InChI is InChI=1S/C31H41ClN4O4/c1-20-12-17-35(18-13-20)15-6-16-36-27(29(38)33-22-8-3-2-4-9-22)31-14-11-24(40-31)25(26(31)30(36)39)28(37)34-23-10-5-7-21(32)19-23/h5,7,10-11,14,19-20,22,24-27H,2-4,6,8-9,12-13,15-18H2,1H3,(H,33,38)(H,34,37)/t24-,25+,26-,27+,31-/m0/s1.